The van der Waals surface area contributed by atoms with E-state index in [4.69, 9.17) is 9.97 Å². The van der Waals surface area contributed by atoms with Gasteiger partial charge in [0.1, 0.15) is 27.4 Å². The average Bonchev–Trinajstić information content (AvgIpc) is 4.26. The molecule has 4 atom stereocenters. The molecule has 10 rings (SSSR count). The van der Waals surface area contributed by atoms with Crippen LogP contribution in [-0.2, 0) is 9.59 Å². The summed E-state index contributed by atoms with van der Waals surface area (Å²) >= 11 is 3.20. The van der Waals surface area contributed by atoms with Crippen molar-refractivity contribution < 1.29 is 19.2 Å². The largest absolute Gasteiger partial charge is 0.335 e. The molecule has 0 aliphatic carbocycles. The van der Waals surface area contributed by atoms with Crippen LogP contribution in [0.25, 0.3) is 32.0 Å². The fourth-order valence-electron chi connectivity index (χ4n) is 9.23. The Hall–Kier alpha value is -7.48. The van der Waals surface area contributed by atoms with E-state index >= 15 is 0 Å². The number of aromatic nitrogens is 4. The van der Waals surface area contributed by atoms with Crippen molar-refractivity contribution in [2.45, 2.75) is 56.1 Å². The lowest BCUT2D eigenvalue weighted by atomic mass is 9.91. The van der Waals surface area contributed by atoms with E-state index in [1.165, 1.54) is 0 Å². The summed E-state index contributed by atoms with van der Waals surface area (Å²) in [5.74, 6) is -1.41. The van der Waals surface area contributed by atoms with Crippen molar-refractivity contribution in [3.05, 3.63) is 203 Å². The minimum atomic E-state index is -0.866. The minimum Gasteiger partial charge on any atom is -0.335 e. The molecule has 6 heterocycles. The van der Waals surface area contributed by atoms with Crippen LogP contribution < -0.4 is 5.32 Å². The maximum Gasteiger partial charge on any atom is 0.270 e. The van der Waals surface area contributed by atoms with E-state index in [9.17, 15) is 19.2 Å². The molecule has 4 aromatic heterocycles. The zero-order valence-electron chi connectivity index (χ0n) is 37.1. The van der Waals surface area contributed by atoms with Gasteiger partial charge in [-0.2, -0.15) is 0 Å². The Morgan fingerprint density at radius 3 is 1.51 bits per heavy atom. The van der Waals surface area contributed by atoms with Crippen LogP contribution in [0.2, 0.25) is 0 Å². The van der Waals surface area contributed by atoms with Gasteiger partial charge in [0.25, 0.3) is 5.91 Å². The first-order chi connectivity index (χ1) is 33.4. The molecular weight excluding hydrogens is 887 g/mol. The van der Waals surface area contributed by atoms with Gasteiger partial charge in [-0.15, -0.1) is 22.7 Å². The van der Waals surface area contributed by atoms with Crippen molar-refractivity contribution in [2.75, 3.05) is 13.1 Å². The van der Waals surface area contributed by atoms with Crippen molar-refractivity contribution >= 4 is 46.2 Å². The number of benzene rings is 4. The molecule has 0 bridgehead atoms. The van der Waals surface area contributed by atoms with Gasteiger partial charge in [-0.1, -0.05) is 121 Å². The number of ketones is 1. The van der Waals surface area contributed by atoms with Crippen molar-refractivity contribution in [1.29, 1.82) is 0 Å². The first kappa shape index (κ1) is 44.4. The number of nitrogens with one attached hydrogen (secondary N) is 1. The molecule has 2 aliphatic rings. The molecular formula is C55H47N7O4S2. The van der Waals surface area contributed by atoms with Gasteiger partial charge in [-0.3, -0.25) is 29.1 Å². The fraction of sp³-hybridized carbons (Fsp3) is 0.200. The van der Waals surface area contributed by atoms with E-state index < -0.39 is 17.9 Å². The first-order valence-corrected chi connectivity index (χ1v) is 24.5. The number of thiazole rings is 2. The van der Waals surface area contributed by atoms with E-state index in [0.717, 1.165) is 73.3 Å². The monoisotopic (exact) mass is 933 g/mol. The normalized spacial score (nSPS) is 16.6. The Morgan fingerprint density at radius 2 is 1.00 bits per heavy atom. The Morgan fingerprint density at radius 1 is 0.529 bits per heavy atom. The summed E-state index contributed by atoms with van der Waals surface area (Å²) in [6.45, 7) is 1.19. The van der Waals surface area contributed by atoms with Gasteiger partial charge in [0.15, 0.2) is 5.78 Å². The summed E-state index contributed by atoms with van der Waals surface area (Å²) in [7, 11) is 0. The molecule has 1 N–H and O–H groups in total. The van der Waals surface area contributed by atoms with Gasteiger partial charge in [-0.05, 0) is 83.3 Å². The van der Waals surface area contributed by atoms with E-state index in [1.807, 2.05) is 82.9 Å². The molecule has 0 radical (unpaired) electrons. The molecule has 338 valence electrons. The number of Topliss-reactive ketones (excluding diaryl/α,β-unsaturated/α-hetero) is 1. The summed E-state index contributed by atoms with van der Waals surface area (Å²) in [6, 6.07) is 45.0. The lowest BCUT2D eigenvalue weighted by Crippen LogP contribution is -2.42. The highest BCUT2D eigenvalue weighted by atomic mass is 32.1. The molecule has 2 fully saturated rings. The predicted molar refractivity (Wildman–Crippen MR) is 265 cm³/mol. The fourth-order valence-corrected chi connectivity index (χ4v) is 11.4. The van der Waals surface area contributed by atoms with Gasteiger partial charge < -0.3 is 15.1 Å². The Balaban J connectivity index is 0.800. The van der Waals surface area contributed by atoms with Crippen LogP contribution in [0.5, 0.6) is 0 Å². The number of hydrogen-bond acceptors (Lipinski definition) is 10. The molecule has 4 aromatic carbocycles. The van der Waals surface area contributed by atoms with E-state index in [0.29, 0.717) is 24.3 Å². The van der Waals surface area contributed by atoms with Crippen LogP contribution in [-0.4, -0.2) is 66.3 Å². The lowest BCUT2D eigenvalue weighted by Gasteiger charge is -2.28. The molecule has 2 saturated heterocycles. The molecule has 68 heavy (non-hydrogen) atoms. The number of likely N-dealkylation sites (tertiary alicyclic amines) is 2. The van der Waals surface area contributed by atoms with Crippen LogP contribution in [0.3, 0.4) is 0 Å². The second-order valence-corrected chi connectivity index (χ2v) is 19.1. The number of carbonyl (C=O) groups excluding carboxylic acids is 4. The van der Waals surface area contributed by atoms with Gasteiger partial charge in [-0.25, -0.2) is 9.97 Å². The van der Waals surface area contributed by atoms with Gasteiger partial charge in [0.05, 0.1) is 27.8 Å². The standard InChI is InChI=1S/C55H47N7O4S2/c63-47(43-17-7-9-29-56-43)33-42(38-13-3-1-4-14-38)54(65)61-31-11-19-45(61)52-58-34-48(67-52)39-25-21-36(22-26-39)37-23-27-40(28-24-37)49-35-59-53(68-49)46-20-12-32-62(46)55(66)50(41-15-5-2-6-16-41)60-51(64)44-18-8-10-30-57-44/h1-10,13-18,21-30,34-35,42,45-46,50H,11-12,19-20,31-33H2,(H,60,64)/t42-,45+,46+,50-/m1/s1. The SMILES string of the molecule is O=C(C[C@@H](C(=O)N1CCC[C@H]1c1ncc(-c2ccc(-c3ccc(-c4cnc([C@@H]5CCCN5C(=O)[C@H](NC(=O)c5ccccn5)c5ccccc5)s4)cc3)cc2)s1)c1ccccc1)c1ccccn1. The summed E-state index contributed by atoms with van der Waals surface area (Å²) in [5.41, 5.74) is 6.40. The Kier molecular flexibility index (Phi) is 13.2. The molecule has 0 unspecified atom stereocenters. The Labute approximate surface area is 402 Å². The van der Waals surface area contributed by atoms with Crippen molar-refractivity contribution in [3.63, 3.8) is 0 Å². The van der Waals surface area contributed by atoms with Crippen LogP contribution in [0, 0.1) is 0 Å². The van der Waals surface area contributed by atoms with Crippen LogP contribution in [0.15, 0.2) is 170 Å². The molecule has 0 spiro atoms. The van der Waals surface area contributed by atoms with E-state index in [1.54, 1.807) is 71.5 Å². The zero-order chi connectivity index (χ0) is 46.4. The molecule has 13 heteroatoms. The average molecular weight is 934 g/mol. The third-order valence-electron chi connectivity index (χ3n) is 12.8. The highest BCUT2D eigenvalue weighted by Crippen LogP contribution is 2.41. The van der Waals surface area contributed by atoms with Crippen LogP contribution in [0.4, 0.5) is 0 Å². The molecule has 2 aliphatic heterocycles. The van der Waals surface area contributed by atoms with E-state index in [-0.39, 0.29) is 41.8 Å². The number of nitrogens with zero attached hydrogens (tertiary/aromatic N) is 6. The summed E-state index contributed by atoms with van der Waals surface area (Å²) in [6.07, 6.45) is 10.3. The zero-order valence-corrected chi connectivity index (χ0v) is 38.7. The highest BCUT2D eigenvalue weighted by Gasteiger charge is 2.39. The Bertz CT molecular complexity index is 2810. The smallest absolute Gasteiger partial charge is 0.270 e. The van der Waals surface area contributed by atoms with E-state index in [2.05, 4.69) is 63.8 Å². The van der Waals surface area contributed by atoms with Crippen LogP contribution in [0.1, 0.15) is 98.3 Å². The maximum atomic E-state index is 14.4. The summed E-state index contributed by atoms with van der Waals surface area (Å²) < 4.78 is 0. The van der Waals surface area contributed by atoms with Crippen LogP contribution >= 0.6 is 22.7 Å². The maximum absolute atomic E-state index is 14.4. The third-order valence-corrected chi connectivity index (χ3v) is 15.0. The van der Waals surface area contributed by atoms with Gasteiger partial charge in [0, 0.05) is 44.3 Å². The van der Waals surface area contributed by atoms with Gasteiger partial charge >= 0.3 is 0 Å². The number of rotatable bonds is 14. The molecule has 8 aromatic rings. The molecule has 0 saturated carbocycles. The third kappa shape index (κ3) is 9.53. The first-order valence-electron chi connectivity index (χ1n) is 22.9. The number of carbonyl (C=O) groups is 4. The summed E-state index contributed by atoms with van der Waals surface area (Å²) in [4.78, 5) is 79.2. The van der Waals surface area contributed by atoms with Crippen molar-refractivity contribution in [1.82, 2.24) is 35.1 Å². The lowest BCUT2D eigenvalue weighted by molar-refractivity contribution is -0.134. The highest BCUT2D eigenvalue weighted by molar-refractivity contribution is 7.15. The number of amides is 3. The second kappa shape index (κ2) is 20.2. The van der Waals surface area contributed by atoms with Crippen molar-refractivity contribution in [2.24, 2.45) is 0 Å². The summed E-state index contributed by atoms with van der Waals surface area (Å²) in [5, 5.41) is 4.73. The van der Waals surface area contributed by atoms with Crippen molar-refractivity contribution in [3.8, 4) is 32.0 Å². The topological polar surface area (TPSA) is 138 Å². The second-order valence-electron chi connectivity index (χ2n) is 17.0. The molecule has 3 amide bonds. The number of pyridine rings is 2. The quantitative estimate of drug-likeness (QED) is 0.106. The predicted octanol–water partition coefficient (Wildman–Crippen LogP) is 10.9. The molecule has 11 nitrogen and oxygen atoms in total. The number of hydrogen-bond donors (Lipinski definition) is 1. The minimum absolute atomic E-state index is 0.0466. The van der Waals surface area contributed by atoms with Gasteiger partial charge in [0.2, 0.25) is 11.8 Å².